The van der Waals surface area contributed by atoms with Crippen LogP contribution in [0.2, 0.25) is 5.02 Å². The molecule has 0 aromatic carbocycles. The van der Waals surface area contributed by atoms with Crippen LogP contribution in [0.1, 0.15) is 44.9 Å². The highest BCUT2D eigenvalue weighted by atomic mass is 35.5. The lowest BCUT2D eigenvalue weighted by atomic mass is 9.86. The molecule has 2 heterocycles. The number of nitrogens with one attached hydrogen (secondary N) is 1. The fraction of sp³-hybridized carbons (Fsp3) is 0.714. The summed E-state index contributed by atoms with van der Waals surface area (Å²) in [5, 5.41) is 2.51. The molecule has 33 heavy (non-hydrogen) atoms. The second-order valence-corrected chi connectivity index (χ2v) is 9.56. The first-order valence-electron chi connectivity index (χ1n) is 10.9. The molecule has 3 unspecified atom stereocenters. The first kappa shape index (κ1) is 24.0. The standard InChI is InChI=1S/C21H26ClF3N4O4/c1-11-5-15(28-18(30)21(23,24)25)16(29(11)19(31)32-2)10-33-14-3-4-20(7-12(20)6-14)17-26-8-13(22)9-27-17/h8-9,11-12,14-16H,3-7,10H2,1-2H3,(H,28,30)/t11-,12?,14?,15+,16+,20?/m1/s1. The molecule has 1 aliphatic heterocycles. The highest BCUT2D eigenvalue weighted by Crippen LogP contribution is 2.61. The molecule has 1 aromatic heterocycles. The fourth-order valence-electron chi connectivity index (χ4n) is 5.37. The number of alkyl halides is 3. The van der Waals surface area contributed by atoms with E-state index in [9.17, 15) is 22.8 Å². The summed E-state index contributed by atoms with van der Waals surface area (Å²) in [6, 6.07) is -2.06. The zero-order valence-electron chi connectivity index (χ0n) is 18.3. The van der Waals surface area contributed by atoms with E-state index in [0.717, 1.165) is 31.5 Å². The third kappa shape index (κ3) is 4.75. The van der Waals surface area contributed by atoms with Crippen molar-refractivity contribution in [2.45, 2.75) is 74.8 Å². The maximum absolute atomic E-state index is 12.8. The Labute approximate surface area is 194 Å². The van der Waals surface area contributed by atoms with Gasteiger partial charge in [0, 0.05) is 23.9 Å². The Kier molecular flexibility index (Phi) is 6.47. The van der Waals surface area contributed by atoms with Crippen LogP contribution in [0.15, 0.2) is 12.4 Å². The second kappa shape index (κ2) is 8.90. The van der Waals surface area contributed by atoms with Crippen molar-refractivity contribution in [1.29, 1.82) is 0 Å². The van der Waals surface area contributed by atoms with Crippen LogP contribution in [0, 0.1) is 5.92 Å². The van der Waals surface area contributed by atoms with Crippen LogP contribution in [0.5, 0.6) is 0 Å². The van der Waals surface area contributed by atoms with Gasteiger partial charge in [-0.25, -0.2) is 14.8 Å². The molecule has 8 nitrogen and oxygen atoms in total. The van der Waals surface area contributed by atoms with Crippen molar-refractivity contribution in [3.05, 3.63) is 23.2 Å². The molecule has 2 aliphatic carbocycles. The highest BCUT2D eigenvalue weighted by molar-refractivity contribution is 6.30. The molecule has 3 aliphatic rings. The lowest BCUT2D eigenvalue weighted by Crippen LogP contribution is -2.52. The maximum atomic E-state index is 12.8. The lowest BCUT2D eigenvalue weighted by Gasteiger charge is -2.32. The van der Waals surface area contributed by atoms with Crippen molar-refractivity contribution in [3.63, 3.8) is 0 Å². The second-order valence-electron chi connectivity index (χ2n) is 9.12. The average molecular weight is 491 g/mol. The van der Waals surface area contributed by atoms with Crippen LogP contribution >= 0.6 is 11.6 Å². The average Bonchev–Trinajstić information content (AvgIpc) is 3.42. The zero-order valence-corrected chi connectivity index (χ0v) is 19.0. The fourth-order valence-corrected chi connectivity index (χ4v) is 5.47. The van der Waals surface area contributed by atoms with Gasteiger partial charge in [0.2, 0.25) is 0 Å². The van der Waals surface area contributed by atoms with E-state index in [1.807, 2.05) is 5.32 Å². The Morgan fingerprint density at radius 1 is 1.30 bits per heavy atom. The smallest absolute Gasteiger partial charge is 0.453 e. The Balaban J connectivity index is 1.39. The van der Waals surface area contributed by atoms with Crippen LogP contribution in [0.3, 0.4) is 0 Å². The van der Waals surface area contributed by atoms with Gasteiger partial charge >= 0.3 is 18.2 Å². The number of rotatable bonds is 5. The zero-order chi connectivity index (χ0) is 24.0. The lowest BCUT2D eigenvalue weighted by molar-refractivity contribution is -0.174. The summed E-state index contributed by atoms with van der Waals surface area (Å²) in [6.45, 7) is 1.71. The Morgan fingerprint density at radius 2 is 2.00 bits per heavy atom. The van der Waals surface area contributed by atoms with Crippen molar-refractivity contribution in [2.75, 3.05) is 13.7 Å². The molecule has 12 heteroatoms. The third-order valence-electron chi connectivity index (χ3n) is 7.11. The highest BCUT2D eigenvalue weighted by Gasteiger charge is 2.60. The molecule has 0 bridgehead atoms. The van der Waals surface area contributed by atoms with Crippen molar-refractivity contribution >= 4 is 23.6 Å². The summed E-state index contributed by atoms with van der Waals surface area (Å²) < 4.78 is 49.3. The number of ether oxygens (including phenoxy) is 2. The van der Waals surface area contributed by atoms with Crippen molar-refractivity contribution in [1.82, 2.24) is 20.2 Å². The minimum Gasteiger partial charge on any atom is -0.453 e. The van der Waals surface area contributed by atoms with Crippen LogP contribution in [-0.4, -0.2) is 71.0 Å². The number of amides is 2. The van der Waals surface area contributed by atoms with Crippen LogP contribution < -0.4 is 5.32 Å². The number of hydrogen-bond donors (Lipinski definition) is 1. The molecule has 1 aromatic rings. The van der Waals surface area contributed by atoms with Gasteiger partial charge in [-0.2, -0.15) is 13.2 Å². The predicted octanol–water partition coefficient (Wildman–Crippen LogP) is 3.23. The molecular formula is C21H26ClF3N4O4. The molecule has 2 amide bonds. The van der Waals surface area contributed by atoms with Gasteiger partial charge in [-0.3, -0.25) is 9.69 Å². The quantitative estimate of drug-likeness (QED) is 0.681. The largest absolute Gasteiger partial charge is 0.471 e. The van der Waals surface area contributed by atoms with E-state index in [2.05, 4.69) is 9.97 Å². The first-order valence-corrected chi connectivity index (χ1v) is 11.3. The number of methoxy groups -OCH3 is 1. The molecule has 0 radical (unpaired) electrons. The monoisotopic (exact) mass is 490 g/mol. The molecule has 182 valence electrons. The number of carbonyl (C=O) groups is 2. The van der Waals surface area contributed by atoms with E-state index in [-0.39, 0.29) is 24.5 Å². The van der Waals surface area contributed by atoms with E-state index in [0.29, 0.717) is 10.9 Å². The third-order valence-corrected chi connectivity index (χ3v) is 7.31. The number of likely N-dealkylation sites (tertiary alicyclic amines) is 1. The van der Waals surface area contributed by atoms with Crippen LogP contribution in [0.25, 0.3) is 0 Å². The van der Waals surface area contributed by atoms with Crippen LogP contribution in [-0.2, 0) is 19.7 Å². The Hall–Kier alpha value is -2.14. The molecule has 0 spiro atoms. The van der Waals surface area contributed by atoms with Crippen molar-refractivity contribution < 1.29 is 32.2 Å². The number of fused-ring (bicyclic) bond motifs is 1. The number of nitrogens with zero attached hydrogens (tertiary/aromatic N) is 3. The molecule has 6 atom stereocenters. The minimum absolute atomic E-state index is 0.00404. The van der Waals surface area contributed by atoms with Gasteiger partial charge < -0.3 is 14.8 Å². The molecule has 3 fully saturated rings. The molecule has 1 N–H and O–H groups in total. The topological polar surface area (TPSA) is 93.7 Å². The summed E-state index contributed by atoms with van der Waals surface area (Å²) in [5.41, 5.74) is -0.0619. The summed E-state index contributed by atoms with van der Waals surface area (Å²) in [6.07, 6.45) is 0.882. The first-order chi connectivity index (χ1) is 15.5. The van der Waals surface area contributed by atoms with E-state index in [1.54, 1.807) is 19.3 Å². The number of hydrogen-bond acceptors (Lipinski definition) is 6. The molecular weight excluding hydrogens is 465 g/mol. The summed E-state index contributed by atoms with van der Waals surface area (Å²) in [5.74, 6) is -0.885. The predicted molar refractivity (Wildman–Crippen MR) is 111 cm³/mol. The van der Waals surface area contributed by atoms with Crippen molar-refractivity contribution in [3.8, 4) is 0 Å². The number of halogens is 4. The molecule has 4 rings (SSSR count). The van der Waals surface area contributed by atoms with Gasteiger partial charge in [0.25, 0.3) is 0 Å². The van der Waals surface area contributed by atoms with Gasteiger partial charge in [0.1, 0.15) is 5.82 Å². The van der Waals surface area contributed by atoms with E-state index >= 15 is 0 Å². The summed E-state index contributed by atoms with van der Waals surface area (Å²) in [7, 11) is 1.21. The SMILES string of the molecule is COC(=O)N1[C@H](C)C[C@H](NC(=O)C(F)(F)F)[C@@H]1COC1CCC2(c3ncc(Cl)cn3)CC2C1. The van der Waals surface area contributed by atoms with Gasteiger partial charge in [-0.1, -0.05) is 11.6 Å². The summed E-state index contributed by atoms with van der Waals surface area (Å²) in [4.78, 5) is 33.9. The van der Waals surface area contributed by atoms with E-state index in [1.165, 1.54) is 12.0 Å². The molecule has 1 saturated heterocycles. The summed E-state index contributed by atoms with van der Waals surface area (Å²) >= 11 is 5.89. The normalized spacial score (nSPS) is 33.4. The van der Waals surface area contributed by atoms with Gasteiger partial charge in [0.15, 0.2) is 0 Å². The minimum atomic E-state index is -5.00. The van der Waals surface area contributed by atoms with Gasteiger partial charge in [0.05, 0.1) is 36.9 Å². The van der Waals surface area contributed by atoms with Crippen molar-refractivity contribution in [2.24, 2.45) is 5.92 Å². The van der Waals surface area contributed by atoms with E-state index in [4.69, 9.17) is 21.1 Å². The van der Waals surface area contributed by atoms with Gasteiger partial charge in [-0.15, -0.1) is 0 Å². The maximum Gasteiger partial charge on any atom is 0.471 e. The van der Waals surface area contributed by atoms with Crippen LogP contribution in [0.4, 0.5) is 18.0 Å². The molecule has 2 saturated carbocycles. The Morgan fingerprint density at radius 3 is 2.61 bits per heavy atom. The number of aromatic nitrogens is 2. The number of carbonyl (C=O) groups excluding carboxylic acids is 2. The van der Waals surface area contributed by atoms with E-state index < -0.39 is 36.3 Å². The van der Waals surface area contributed by atoms with Gasteiger partial charge in [-0.05, 0) is 44.9 Å². The Bertz CT molecular complexity index is 902.